The van der Waals surface area contributed by atoms with E-state index in [0.29, 0.717) is 12.4 Å². The van der Waals surface area contributed by atoms with E-state index >= 15 is 0 Å². The lowest BCUT2D eigenvalue weighted by Gasteiger charge is -2.14. The predicted molar refractivity (Wildman–Crippen MR) is 125 cm³/mol. The zero-order chi connectivity index (χ0) is 21.0. The van der Waals surface area contributed by atoms with Gasteiger partial charge >= 0.3 is 0 Å². The van der Waals surface area contributed by atoms with Crippen LogP contribution < -0.4 is 10.5 Å². The van der Waals surface area contributed by atoms with Gasteiger partial charge in [-0.15, -0.1) is 0 Å². The molecule has 5 aromatic rings. The van der Waals surface area contributed by atoms with Crippen molar-refractivity contribution in [1.82, 2.24) is 9.97 Å². The van der Waals surface area contributed by atoms with Gasteiger partial charge in [-0.2, -0.15) is 0 Å². The van der Waals surface area contributed by atoms with Gasteiger partial charge in [0.25, 0.3) is 0 Å². The van der Waals surface area contributed by atoms with Gasteiger partial charge < -0.3 is 10.5 Å². The Morgan fingerprint density at radius 3 is 2.16 bits per heavy atom. The highest BCUT2D eigenvalue weighted by molar-refractivity contribution is 5.94. The quantitative estimate of drug-likeness (QED) is 0.379. The molecule has 0 unspecified atom stereocenters. The molecular formula is C27H21N3O. The Hall–Kier alpha value is -4.02. The molecule has 5 rings (SSSR count). The third kappa shape index (κ3) is 3.89. The Kier molecular flexibility index (Phi) is 5.13. The normalized spacial score (nSPS) is 10.9. The lowest BCUT2D eigenvalue weighted by Crippen LogP contribution is -1.97. The van der Waals surface area contributed by atoms with Crippen LogP contribution >= 0.6 is 0 Å². The number of benzene rings is 3. The van der Waals surface area contributed by atoms with Gasteiger partial charge in [-0.3, -0.25) is 0 Å². The van der Waals surface area contributed by atoms with E-state index in [1.165, 1.54) is 0 Å². The van der Waals surface area contributed by atoms with Crippen LogP contribution in [-0.4, -0.2) is 9.97 Å². The van der Waals surface area contributed by atoms with Gasteiger partial charge in [-0.05, 0) is 35.4 Å². The smallest absolute Gasteiger partial charge is 0.228 e. The number of nitrogens with zero attached hydrogens (tertiary/aromatic N) is 2. The molecule has 0 bridgehead atoms. The van der Waals surface area contributed by atoms with E-state index in [1.807, 2.05) is 66.7 Å². The number of hydrogen-bond donors (Lipinski definition) is 1. The lowest BCUT2D eigenvalue weighted by molar-refractivity contribution is 0.469. The summed E-state index contributed by atoms with van der Waals surface area (Å²) < 4.78 is 6.09. The summed E-state index contributed by atoms with van der Waals surface area (Å²) in [4.78, 5) is 9.51. The number of rotatable bonds is 5. The van der Waals surface area contributed by atoms with Crippen molar-refractivity contribution in [3.05, 3.63) is 109 Å². The molecule has 0 saturated carbocycles. The number of aromatic nitrogens is 2. The monoisotopic (exact) mass is 403 g/mol. The molecule has 3 aromatic carbocycles. The maximum Gasteiger partial charge on any atom is 0.228 e. The first-order chi connectivity index (χ1) is 15.3. The highest BCUT2D eigenvalue weighted by Crippen LogP contribution is 2.36. The van der Waals surface area contributed by atoms with E-state index in [4.69, 9.17) is 15.5 Å². The summed E-state index contributed by atoms with van der Waals surface area (Å²) in [5.74, 6) is 1.28. The summed E-state index contributed by atoms with van der Waals surface area (Å²) >= 11 is 0. The zero-order valence-corrected chi connectivity index (χ0v) is 16.9. The number of nitrogens with two attached hydrogens (primary N) is 1. The van der Waals surface area contributed by atoms with Crippen LogP contribution in [0.4, 0.5) is 0 Å². The third-order valence-electron chi connectivity index (χ3n) is 5.21. The zero-order valence-electron chi connectivity index (χ0n) is 16.9. The van der Waals surface area contributed by atoms with Crippen molar-refractivity contribution in [1.29, 1.82) is 0 Å². The first kappa shape index (κ1) is 19.0. The molecule has 4 heteroatoms. The van der Waals surface area contributed by atoms with Crippen molar-refractivity contribution >= 4 is 10.9 Å². The molecule has 0 radical (unpaired) electrons. The SMILES string of the molecule is NCc1ccc(-c2nc3ccnc(Oc4ccccc4)c3cc2-c2ccccc2)cc1. The third-order valence-corrected chi connectivity index (χ3v) is 5.21. The van der Waals surface area contributed by atoms with Gasteiger partial charge in [0, 0.05) is 23.9 Å². The molecular weight excluding hydrogens is 382 g/mol. The molecule has 0 aliphatic heterocycles. The molecule has 0 aliphatic rings. The van der Waals surface area contributed by atoms with Crippen molar-refractivity contribution in [2.75, 3.05) is 0 Å². The van der Waals surface area contributed by atoms with Crippen LogP contribution in [0, 0.1) is 0 Å². The van der Waals surface area contributed by atoms with Gasteiger partial charge in [0.15, 0.2) is 0 Å². The molecule has 0 amide bonds. The second-order valence-electron chi connectivity index (χ2n) is 7.25. The summed E-state index contributed by atoms with van der Waals surface area (Å²) in [6.07, 6.45) is 1.73. The van der Waals surface area contributed by atoms with Crippen molar-refractivity contribution in [3.8, 4) is 34.0 Å². The first-order valence-electron chi connectivity index (χ1n) is 10.2. The Labute approximate surface area is 181 Å². The van der Waals surface area contributed by atoms with Gasteiger partial charge in [0.2, 0.25) is 5.88 Å². The second kappa shape index (κ2) is 8.38. The van der Waals surface area contributed by atoms with Crippen LogP contribution in [0.5, 0.6) is 11.6 Å². The minimum atomic E-state index is 0.517. The molecule has 0 atom stereocenters. The largest absolute Gasteiger partial charge is 0.438 e. The molecule has 150 valence electrons. The van der Waals surface area contributed by atoms with Crippen LogP contribution in [0.15, 0.2) is 103 Å². The van der Waals surface area contributed by atoms with Crippen molar-refractivity contribution in [3.63, 3.8) is 0 Å². The highest BCUT2D eigenvalue weighted by Gasteiger charge is 2.15. The van der Waals surface area contributed by atoms with Crippen LogP contribution in [0.1, 0.15) is 5.56 Å². The maximum atomic E-state index is 6.09. The Balaban J connectivity index is 1.71. The predicted octanol–water partition coefficient (Wildman–Crippen LogP) is 6.21. The number of hydrogen-bond acceptors (Lipinski definition) is 4. The van der Waals surface area contributed by atoms with E-state index in [0.717, 1.165) is 44.6 Å². The summed E-state index contributed by atoms with van der Waals surface area (Å²) in [6, 6.07) is 32.2. The van der Waals surface area contributed by atoms with E-state index in [2.05, 4.69) is 35.3 Å². The minimum absolute atomic E-state index is 0.517. The van der Waals surface area contributed by atoms with Crippen molar-refractivity contribution in [2.24, 2.45) is 5.73 Å². The van der Waals surface area contributed by atoms with Crippen molar-refractivity contribution < 1.29 is 4.74 Å². The Morgan fingerprint density at radius 1 is 0.742 bits per heavy atom. The number of ether oxygens (including phenoxy) is 1. The van der Waals surface area contributed by atoms with Gasteiger partial charge in [0.1, 0.15) is 5.75 Å². The number of fused-ring (bicyclic) bond motifs is 1. The highest BCUT2D eigenvalue weighted by atomic mass is 16.5. The summed E-state index contributed by atoms with van der Waals surface area (Å²) in [6.45, 7) is 0.517. The first-order valence-corrected chi connectivity index (χ1v) is 10.2. The van der Waals surface area contributed by atoms with Crippen LogP contribution in [0.2, 0.25) is 0 Å². The fraction of sp³-hybridized carbons (Fsp3) is 0.0370. The fourth-order valence-corrected chi connectivity index (χ4v) is 3.61. The minimum Gasteiger partial charge on any atom is -0.438 e. The van der Waals surface area contributed by atoms with Crippen LogP contribution in [0.3, 0.4) is 0 Å². The summed E-state index contributed by atoms with van der Waals surface area (Å²) in [5.41, 5.74) is 11.8. The van der Waals surface area contributed by atoms with Gasteiger partial charge in [-0.25, -0.2) is 9.97 Å². The van der Waals surface area contributed by atoms with Crippen LogP contribution in [-0.2, 0) is 6.54 Å². The lowest BCUT2D eigenvalue weighted by atomic mass is 9.97. The summed E-state index contributed by atoms with van der Waals surface area (Å²) in [5, 5.41) is 0.868. The van der Waals surface area contributed by atoms with E-state index in [1.54, 1.807) is 6.20 Å². The van der Waals surface area contributed by atoms with Gasteiger partial charge in [-0.1, -0.05) is 72.8 Å². The average molecular weight is 403 g/mol. The standard InChI is InChI=1S/C27H21N3O/c28-18-19-11-13-21(14-12-19)26-23(20-7-3-1-4-8-20)17-24-25(30-26)15-16-29-27(24)31-22-9-5-2-6-10-22/h1-17H,18,28H2. The van der Waals surface area contributed by atoms with E-state index in [-0.39, 0.29) is 0 Å². The number of para-hydroxylation sites is 1. The molecule has 0 saturated heterocycles. The second-order valence-corrected chi connectivity index (χ2v) is 7.25. The maximum absolute atomic E-state index is 6.09. The van der Waals surface area contributed by atoms with Gasteiger partial charge in [0.05, 0.1) is 16.6 Å². The van der Waals surface area contributed by atoms with E-state index in [9.17, 15) is 0 Å². The molecule has 0 aliphatic carbocycles. The van der Waals surface area contributed by atoms with Crippen LogP contribution in [0.25, 0.3) is 33.3 Å². The molecule has 2 N–H and O–H groups in total. The molecule has 4 nitrogen and oxygen atoms in total. The molecule has 0 fully saturated rings. The summed E-state index contributed by atoms with van der Waals surface area (Å²) in [7, 11) is 0. The topological polar surface area (TPSA) is 61.0 Å². The number of pyridine rings is 2. The fourth-order valence-electron chi connectivity index (χ4n) is 3.61. The Morgan fingerprint density at radius 2 is 1.45 bits per heavy atom. The molecule has 2 heterocycles. The van der Waals surface area contributed by atoms with Crippen molar-refractivity contribution in [2.45, 2.75) is 6.54 Å². The molecule has 31 heavy (non-hydrogen) atoms. The molecule has 2 aromatic heterocycles. The average Bonchev–Trinajstić information content (AvgIpc) is 2.85. The molecule has 0 spiro atoms. The Bertz CT molecular complexity index is 1320. The van der Waals surface area contributed by atoms with E-state index < -0.39 is 0 Å².